The van der Waals surface area contributed by atoms with Crippen LogP contribution in [0.15, 0.2) is 54.6 Å². The molecule has 1 atom stereocenters. The van der Waals surface area contributed by atoms with E-state index in [0.717, 1.165) is 42.3 Å². The summed E-state index contributed by atoms with van der Waals surface area (Å²) in [5.41, 5.74) is 8.17. The molecule has 4 N–H and O–H groups in total. The summed E-state index contributed by atoms with van der Waals surface area (Å²) < 4.78 is 2.30. The Morgan fingerprint density at radius 3 is 2.86 bits per heavy atom. The monoisotopic (exact) mass is 389 g/mol. The van der Waals surface area contributed by atoms with Crippen LogP contribution < -0.4 is 27.1 Å². The number of aromatic nitrogens is 2. The molecule has 1 unspecified atom stereocenters. The number of nitrogens with two attached hydrogens (primary N) is 1. The number of amides is 1. The number of carbonyl (C=O) groups is 1. The first-order valence-corrected chi connectivity index (χ1v) is 10.2. The summed E-state index contributed by atoms with van der Waals surface area (Å²) in [5, 5.41) is 8.31. The highest BCUT2D eigenvalue weighted by Crippen LogP contribution is 2.14. The number of nitrogens with one attached hydrogen (secondary N) is 2. The fourth-order valence-corrected chi connectivity index (χ4v) is 3.91. The summed E-state index contributed by atoms with van der Waals surface area (Å²) in [4.78, 5) is 17.0. The van der Waals surface area contributed by atoms with Gasteiger partial charge in [0.15, 0.2) is 0 Å². The van der Waals surface area contributed by atoms with Gasteiger partial charge in [0.1, 0.15) is 17.0 Å². The highest BCUT2D eigenvalue weighted by Gasteiger charge is 2.22. The van der Waals surface area contributed by atoms with Gasteiger partial charge in [0, 0.05) is 30.6 Å². The Kier molecular flexibility index (Phi) is 5.51. The Balaban J connectivity index is 1.46. The van der Waals surface area contributed by atoms with Crippen LogP contribution in [-0.2, 0) is 13.0 Å². The largest absolute Gasteiger partial charge is 0.384 e. The summed E-state index contributed by atoms with van der Waals surface area (Å²) in [6.45, 7) is 3.63. The highest BCUT2D eigenvalue weighted by molar-refractivity contribution is 5.94. The Hall–Kier alpha value is -3.28. The van der Waals surface area contributed by atoms with Crippen molar-refractivity contribution in [1.82, 2.24) is 20.2 Å². The molecule has 0 saturated carbocycles. The van der Waals surface area contributed by atoms with Crippen molar-refractivity contribution in [3.05, 3.63) is 76.7 Å². The average molecular weight is 390 g/mol. The van der Waals surface area contributed by atoms with Gasteiger partial charge in [0.25, 0.3) is 5.91 Å². The quantitative estimate of drug-likeness (QED) is 0.615. The van der Waals surface area contributed by atoms with Gasteiger partial charge in [-0.05, 0) is 25.0 Å². The van der Waals surface area contributed by atoms with Crippen LogP contribution in [-0.4, -0.2) is 28.0 Å². The van der Waals surface area contributed by atoms with Crippen LogP contribution in [0.2, 0.25) is 0 Å². The molecule has 6 nitrogen and oxygen atoms in total. The predicted molar refractivity (Wildman–Crippen MR) is 115 cm³/mol. The van der Waals surface area contributed by atoms with Gasteiger partial charge in [-0.15, -0.1) is 0 Å². The molecule has 2 aromatic rings. The lowest BCUT2D eigenvalue weighted by molar-refractivity contribution is 0.0953. The highest BCUT2D eigenvalue weighted by atomic mass is 16.1. The van der Waals surface area contributed by atoms with Gasteiger partial charge in [-0.2, -0.15) is 0 Å². The minimum absolute atomic E-state index is 0.0224. The zero-order chi connectivity index (χ0) is 20.2. The van der Waals surface area contributed by atoms with Crippen molar-refractivity contribution in [2.75, 3.05) is 6.54 Å². The maximum absolute atomic E-state index is 12.2. The van der Waals surface area contributed by atoms with Crippen LogP contribution in [0, 0.1) is 0 Å². The van der Waals surface area contributed by atoms with Crippen molar-refractivity contribution in [2.24, 2.45) is 5.73 Å². The molecule has 29 heavy (non-hydrogen) atoms. The Bertz CT molecular complexity index is 1080. The lowest BCUT2D eigenvalue weighted by atomic mass is 9.99. The third-order valence-electron chi connectivity index (χ3n) is 5.36. The Morgan fingerprint density at radius 2 is 2.07 bits per heavy atom. The van der Waals surface area contributed by atoms with Gasteiger partial charge in [-0.3, -0.25) is 4.79 Å². The molecule has 1 aromatic carbocycles. The molecule has 0 saturated heterocycles. The van der Waals surface area contributed by atoms with E-state index in [1.165, 1.54) is 5.57 Å². The lowest BCUT2D eigenvalue weighted by Gasteiger charge is -2.23. The van der Waals surface area contributed by atoms with Crippen molar-refractivity contribution in [3.63, 3.8) is 0 Å². The molecule has 0 fully saturated rings. The van der Waals surface area contributed by atoms with E-state index >= 15 is 0 Å². The molecular formula is C23H27N5O. The fraction of sp³-hybridized carbons (Fsp3) is 0.304. The number of rotatable bonds is 7. The van der Waals surface area contributed by atoms with E-state index < -0.39 is 0 Å². The molecule has 6 heteroatoms. The van der Waals surface area contributed by atoms with Crippen molar-refractivity contribution in [3.8, 4) is 0 Å². The van der Waals surface area contributed by atoms with E-state index in [-0.39, 0.29) is 11.9 Å². The maximum atomic E-state index is 12.2. The molecular weight excluding hydrogens is 362 g/mol. The molecule has 1 aromatic heterocycles. The lowest BCUT2D eigenvalue weighted by Crippen LogP contribution is -2.50. The first kappa shape index (κ1) is 19.1. The van der Waals surface area contributed by atoms with Crippen LogP contribution in [0.25, 0.3) is 11.4 Å². The molecule has 1 aliphatic carbocycles. The number of aryl methyl sites for hydroxylation is 1. The average Bonchev–Trinajstić information content (AvgIpc) is 3.13. The van der Waals surface area contributed by atoms with Crippen molar-refractivity contribution < 1.29 is 4.79 Å². The number of fused-ring (bicyclic) bond motifs is 2. The fourth-order valence-electron chi connectivity index (χ4n) is 3.91. The van der Waals surface area contributed by atoms with Crippen LogP contribution in [0.5, 0.6) is 0 Å². The topological polar surface area (TPSA) is 85.0 Å². The predicted octanol–water partition coefficient (Wildman–Crippen LogP) is 0.929. The van der Waals surface area contributed by atoms with Gasteiger partial charge in [-0.25, -0.2) is 4.98 Å². The summed E-state index contributed by atoms with van der Waals surface area (Å²) in [6.07, 6.45) is 11.1. The first-order valence-electron chi connectivity index (χ1n) is 10.2. The third-order valence-corrected chi connectivity index (χ3v) is 5.36. The van der Waals surface area contributed by atoms with E-state index in [0.29, 0.717) is 17.9 Å². The molecule has 2 heterocycles. The minimum Gasteiger partial charge on any atom is -0.384 e. The standard InChI is InChI=1S/C23H27N5O/c1-2-19-27-20-21(17-12-6-7-13-18(17)26-22(20)24)28(19)15-9-8-14-25-23(29)16-10-4-3-5-11-16/h3-7,10-13,18,26H,2,8-9,14-15,24H2,1H3,(H,25,29). The van der Waals surface area contributed by atoms with Crippen LogP contribution >= 0.6 is 0 Å². The van der Waals surface area contributed by atoms with Crippen LogP contribution in [0.3, 0.4) is 0 Å². The number of imidazole rings is 1. The number of benzene rings is 1. The van der Waals surface area contributed by atoms with Gasteiger partial charge >= 0.3 is 0 Å². The molecule has 0 bridgehead atoms. The zero-order valence-electron chi connectivity index (χ0n) is 16.7. The minimum atomic E-state index is -0.0224. The number of unbranched alkanes of at least 4 members (excludes halogenated alkanes) is 1. The molecule has 150 valence electrons. The molecule has 0 spiro atoms. The van der Waals surface area contributed by atoms with E-state index in [9.17, 15) is 4.79 Å². The zero-order valence-corrected chi connectivity index (χ0v) is 16.7. The van der Waals surface area contributed by atoms with E-state index in [2.05, 4.69) is 40.4 Å². The number of carbonyl (C=O) groups excluding carboxylic acids is 1. The van der Waals surface area contributed by atoms with E-state index in [1.54, 1.807) is 0 Å². The van der Waals surface area contributed by atoms with Gasteiger partial charge in [0.2, 0.25) is 0 Å². The SMILES string of the molecule is CCc1nc2c(n1CCCCNC(=O)c1ccccc1)=C1C=CC=CC1NC=2N. The van der Waals surface area contributed by atoms with Crippen molar-refractivity contribution >= 4 is 17.3 Å². The first-order chi connectivity index (χ1) is 14.2. The second kappa shape index (κ2) is 8.39. The Labute approximate surface area is 170 Å². The molecule has 4 rings (SSSR count). The third kappa shape index (κ3) is 3.83. The number of hydrogen-bond donors (Lipinski definition) is 3. The Morgan fingerprint density at radius 1 is 1.24 bits per heavy atom. The smallest absolute Gasteiger partial charge is 0.251 e. The number of nitrogens with zero attached hydrogens (tertiary/aromatic N) is 2. The van der Waals surface area contributed by atoms with Crippen molar-refractivity contribution in [1.29, 1.82) is 0 Å². The van der Waals surface area contributed by atoms with Crippen molar-refractivity contribution in [2.45, 2.75) is 38.8 Å². The maximum Gasteiger partial charge on any atom is 0.251 e. The molecule has 2 aliphatic rings. The van der Waals surface area contributed by atoms with E-state index in [1.807, 2.05) is 36.4 Å². The van der Waals surface area contributed by atoms with Crippen LogP contribution in [0.4, 0.5) is 0 Å². The summed E-state index contributed by atoms with van der Waals surface area (Å²) >= 11 is 0. The summed E-state index contributed by atoms with van der Waals surface area (Å²) in [5.74, 6) is 1.66. The normalized spacial score (nSPS) is 16.9. The summed E-state index contributed by atoms with van der Waals surface area (Å²) in [6, 6.07) is 9.41. The number of hydrogen-bond acceptors (Lipinski definition) is 4. The van der Waals surface area contributed by atoms with Crippen LogP contribution in [0.1, 0.15) is 35.9 Å². The van der Waals surface area contributed by atoms with Gasteiger partial charge in [0.05, 0.1) is 11.4 Å². The van der Waals surface area contributed by atoms with Gasteiger partial charge in [-0.1, -0.05) is 49.4 Å². The molecule has 1 aliphatic heterocycles. The van der Waals surface area contributed by atoms with Gasteiger partial charge < -0.3 is 20.9 Å². The molecule has 0 radical (unpaired) electrons. The van der Waals surface area contributed by atoms with E-state index in [4.69, 9.17) is 10.7 Å². The second-order valence-electron chi connectivity index (χ2n) is 7.29. The number of allylic oxidation sites excluding steroid dienone is 2. The second-order valence-corrected chi connectivity index (χ2v) is 7.29. The molecule has 1 amide bonds. The summed E-state index contributed by atoms with van der Waals surface area (Å²) in [7, 11) is 0.